The van der Waals surface area contributed by atoms with Crippen LogP contribution in [0.2, 0.25) is 0 Å². The third kappa shape index (κ3) is 3.37. The van der Waals surface area contributed by atoms with Gasteiger partial charge in [0.25, 0.3) is 11.7 Å². The lowest BCUT2D eigenvalue weighted by atomic mass is 9.93. The van der Waals surface area contributed by atoms with E-state index in [4.69, 9.17) is 0 Å². The van der Waals surface area contributed by atoms with E-state index in [1.807, 2.05) is 32.9 Å². The summed E-state index contributed by atoms with van der Waals surface area (Å²) in [4.78, 5) is 26.8. The molecule has 0 saturated carbocycles. The predicted molar refractivity (Wildman–Crippen MR) is 102 cm³/mol. The number of hydrogen-bond acceptors (Lipinski definition) is 3. The Labute approximate surface area is 157 Å². The average molecular weight is 367 g/mol. The molecule has 1 unspecified atom stereocenters. The maximum atomic E-state index is 13.4. The van der Waals surface area contributed by atoms with Crippen molar-refractivity contribution in [3.05, 3.63) is 76.1 Å². The minimum absolute atomic E-state index is 0.0498. The van der Waals surface area contributed by atoms with Gasteiger partial charge in [0.2, 0.25) is 0 Å². The molecule has 1 N–H and O–H groups in total. The molecule has 2 aromatic rings. The number of aliphatic hydroxyl groups excluding tert-OH is 1. The molecular weight excluding hydrogens is 345 g/mol. The predicted octanol–water partition coefficient (Wildman–Crippen LogP) is 4.27. The van der Waals surface area contributed by atoms with Crippen LogP contribution < -0.4 is 0 Å². The van der Waals surface area contributed by atoms with Gasteiger partial charge in [-0.1, -0.05) is 36.8 Å². The van der Waals surface area contributed by atoms with Crippen molar-refractivity contribution in [1.29, 1.82) is 0 Å². The first-order valence-electron chi connectivity index (χ1n) is 8.96. The topological polar surface area (TPSA) is 57.6 Å². The number of rotatable bonds is 4. The Morgan fingerprint density at radius 3 is 2.41 bits per heavy atom. The van der Waals surface area contributed by atoms with Crippen LogP contribution in [-0.2, 0) is 9.59 Å². The molecule has 0 radical (unpaired) electrons. The van der Waals surface area contributed by atoms with E-state index < -0.39 is 23.5 Å². The minimum atomic E-state index is -0.731. The number of aliphatic hydroxyl groups is 1. The van der Waals surface area contributed by atoms with Crippen LogP contribution in [0.3, 0.4) is 0 Å². The first kappa shape index (κ1) is 18.8. The molecule has 2 aromatic carbocycles. The fourth-order valence-electron chi connectivity index (χ4n) is 3.48. The van der Waals surface area contributed by atoms with Gasteiger partial charge in [-0.25, -0.2) is 4.39 Å². The molecule has 5 heteroatoms. The summed E-state index contributed by atoms with van der Waals surface area (Å²) in [6.45, 7) is 6.01. The summed E-state index contributed by atoms with van der Waals surface area (Å²) in [5.74, 6) is -1.95. The van der Waals surface area contributed by atoms with Crippen LogP contribution in [0.25, 0.3) is 5.76 Å². The standard InChI is InChI=1S/C22H22FNO3/c1-4-11-24-19(15-7-9-16(23)10-8-15)18(21(26)22(24)27)20(25)17-12-13(2)5-6-14(17)3/h5-10,12,19,25H,4,11H2,1-3H3/b20-18+. The van der Waals surface area contributed by atoms with E-state index in [1.54, 1.807) is 18.2 Å². The van der Waals surface area contributed by atoms with Crippen molar-refractivity contribution in [3.8, 4) is 0 Å². The fourth-order valence-corrected chi connectivity index (χ4v) is 3.48. The highest BCUT2D eigenvalue weighted by Gasteiger charge is 2.45. The number of benzene rings is 2. The summed E-state index contributed by atoms with van der Waals surface area (Å²) < 4.78 is 13.4. The van der Waals surface area contributed by atoms with Crippen LogP contribution >= 0.6 is 0 Å². The molecular formula is C22H22FNO3. The van der Waals surface area contributed by atoms with Crippen LogP contribution in [0.4, 0.5) is 4.39 Å². The number of halogens is 1. The van der Waals surface area contributed by atoms with Crippen molar-refractivity contribution >= 4 is 17.4 Å². The molecule has 1 fully saturated rings. The van der Waals surface area contributed by atoms with Crippen LogP contribution in [0.5, 0.6) is 0 Å². The summed E-state index contributed by atoms with van der Waals surface area (Å²) in [5.41, 5.74) is 2.90. The smallest absolute Gasteiger partial charge is 0.295 e. The second-order valence-corrected chi connectivity index (χ2v) is 6.86. The number of carbonyl (C=O) groups is 2. The van der Waals surface area contributed by atoms with E-state index >= 15 is 0 Å². The van der Waals surface area contributed by atoms with Crippen LogP contribution in [0.1, 0.15) is 41.6 Å². The minimum Gasteiger partial charge on any atom is -0.507 e. The van der Waals surface area contributed by atoms with Gasteiger partial charge in [-0.05, 0) is 49.6 Å². The second-order valence-electron chi connectivity index (χ2n) is 6.86. The van der Waals surface area contributed by atoms with Gasteiger partial charge in [0.15, 0.2) is 0 Å². The maximum absolute atomic E-state index is 13.4. The highest BCUT2D eigenvalue weighted by Crippen LogP contribution is 2.40. The Bertz CT molecular complexity index is 931. The molecule has 140 valence electrons. The van der Waals surface area contributed by atoms with E-state index in [2.05, 4.69) is 0 Å². The van der Waals surface area contributed by atoms with E-state index in [9.17, 15) is 19.1 Å². The van der Waals surface area contributed by atoms with Crippen molar-refractivity contribution in [1.82, 2.24) is 4.90 Å². The number of amides is 1. The quantitative estimate of drug-likeness (QED) is 0.499. The largest absolute Gasteiger partial charge is 0.507 e. The molecule has 1 heterocycles. The summed E-state index contributed by atoms with van der Waals surface area (Å²) in [7, 11) is 0. The monoisotopic (exact) mass is 367 g/mol. The first-order valence-corrected chi connectivity index (χ1v) is 8.96. The molecule has 1 aliphatic heterocycles. The van der Waals surface area contributed by atoms with Crippen LogP contribution in [-0.4, -0.2) is 28.2 Å². The lowest BCUT2D eigenvalue weighted by Gasteiger charge is -2.25. The van der Waals surface area contributed by atoms with Crippen LogP contribution in [0, 0.1) is 19.7 Å². The molecule has 1 aliphatic rings. The normalized spacial score (nSPS) is 19.0. The fraction of sp³-hybridized carbons (Fsp3) is 0.273. The van der Waals surface area contributed by atoms with Crippen molar-refractivity contribution < 1.29 is 19.1 Å². The zero-order valence-electron chi connectivity index (χ0n) is 15.6. The number of Topliss-reactive ketones (excluding diaryl/α,β-unsaturated/α-hetero) is 1. The molecule has 1 amide bonds. The van der Waals surface area contributed by atoms with Gasteiger partial charge in [-0.2, -0.15) is 0 Å². The number of nitrogens with zero attached hydrogens (tertiary/aromatic N) is 1. The molecule has 4 nitrogen and oxygen atoms in total. The van der Waals surface area contributed by atoms with E-state index in [0.29, 0.717) is 24.1 Å². The van der Waals surface area contributed by atoms with Gasteiger partial charge in [0.05, 0.1) is 11.6 Å². The maximum Gasteiger partial charge on any atom is 0.295 e. The number of carbonyl (C=O) groups excluding carboxylic acids is 2. The Hall–Kier alpha value is -2.95. The molecule has 1 saturated heterocycles. The van der Waals surface area contributed by atoms with Crippen LogP contribution in [0.15, 0.2) is 48.0 Å². The summed E-state index contributed by atoms with van der Waals surface area (Å²) in [6.07, 6.45) is 0.661. The third-order valence-electron chi connectivity index (χ3n) is 4.84. The highest BCUT2D eigenvalue weighted by molar-refractivity contribution is 6.46. The molecule has 0 spiro atoms. The van der Waals surface area contributed by atoms with E-state index in [1.165, 1.54) is 17.0 Å². The molecule has 3 rings (SSSR count). The van der Waals surface area contributed by atoms with Gasteiger partial charge in [-0.15, -0.1) is 0 Å². The van der Waals surface area contributed by atoms with Crippen molar-refractivity contribution in [2.24, 2.45) is 0 Å². The second kappa shape index (κ2) is 7.35. The Morgan fingerprint density at radius 1 is 1.11 bits per heavy atom. The molecule has 0 aliphatic carbocycles. The van der Waals surface area contributed by atoms with Gasteiger partial charge in [0, 0.05) is 12.1 Å². The van der Waals surface area contributed by atoms with Crippen molar-refractivity contribution in [2.75, 3.05) is 6.54 Å². The summed E-state index contributed by atoms with van der Waals surface area (Å²) in [5, 5.41) is 11.0. The Morgan fingerprint density at radius 2 is 1.78 bits per heavy atom. The third-order valence-corrected chi connectivity index (χ3v) is 4.84. The highest BCUT2D eigenvalue weighted by atomic mass is 19.1. The Kier molecular flexibility index (Phi) is 5.13. The van der Waals surface area contributed by atoms with Gasteiger partial charge in [0.1, 0.15) is 11.6 Å². The lowest BCUT2D eigenvalue weighted by molar-refractivity contribution is -0.139. The molecule has 0 bridgehead atoms. The van der Waals surface area contributed by atoms with Crippen molar-refractivity contribution in [3.63, 3.8) is 0 Å². The van der Waals surface area contributed by atoms with E-state index in [-0.39, 0.29) is 11.3 Å². The van der Waals surface area contributed by atoms with Gasteiger partial charge in [-0.3, -0.25) is 9.59 Å². The molecule has 27 heavy (non-hydrogen) atoms. The van der Waals surface area contributed by atoms with E-state index in [0.717, 1.165) is 11.1 Å². The number of aryl methyl sites for hydroxylation is 2. The number of ketones is 1. The van der Waals surface area contributed by atoms with Crippen molar-refractivity contribution in [2.45, 2.75) is 33.2 Å². The number of likely N-dealkylation sites (tertiary alicyclic amines) is 1. The molecule has 1 atom stereocenters. The number of hydrogen-bond donors (Lipinski definition) is 1. The zero-order valence-corrected chi connectivity index (χ0v) is 15.6. The van der Waals surface area contributed by atoms with Gasteiger partial charge < -0.3 is 10.0 Å². The average Bonchev–Trinajstić information content (AvgIpc) is 2.89. The first-order chi connectivity index (χ1) is 12.8. The summed E-state index contributed by atoms with van der Waals surface area (Å²) >= 11 is 0. The van der Waals surface area contributed by atoms with Gasteiger partial charge >= 0.3 is 0 Å². The molecule has 0 aromatic heterocycles. The lowest BCUT2D eigenvalue weighted by Crippen LogP contribution is -2.30. The summed E-state index contributed by atoms with van der Waals surface area (Å²) in [6, 6.07) is 10.5. The zero-order chi connectivity index (χ0) is 19.7. The SMILES string of the molecule is CCCN1C(=O)C(=O)/C(=C(/O)c2cc(C)ccc2C)C1c1ccc(F)cc1. The Balaban J connectivity index is 2.23.